The van der Waals surface area contributed by atoms with Gasteiger partial charge in [0.15, 0.2) is 0 Å². The van der Waals surface area contributed by atoms with E-state index in [0.717, 1.165) is 36.5 Å². The van der Waals surface area contributed by atoms with Crippen LogP contribution >= 0.6 is 0 Å². The van der Waals surface area contributed by atoms with Crippen LogP contribution in [0.1, 0.15) is 91.3 Å². The van der Waals surface area contributed by atoms with Gasteiger partial charge in [-0.2, -0.15) is 14.0 Å². The molecule has 4 heteroatoms. The Hall–Kier alpha value is -2.54. The fourth-order valence-electron chi connectivity index (χ4n) is 4.44. The Morgan fingerprint density at radius 3 is 2.20 bits per heavy atom. The van der Waals surface area contributed by atoms with E-state index >= 15 is 0 Å². The number of nitriles is 1. The molecule has 0 radical (unpaired) electrons. The van der Waals surface area contributed by atoms with Crippen LogP contribution in [0.5, 0.6) is 0 Å². The lowest BCUT2D eigenvalue weighted by atomic mass is 9.77. The van der Waals surface area contributed by atoms with Crippen LogP contribution in [0.25, 0.3) is 0 Å². The average molecular weight is 410 g/mol. The molecule has 0 aromatic heterocycles. The summed E-state index contributed by atoms with van der Waals surface area (Å²) in [5.74, 6) is -3.56. The Bertz CT molecular complexity index is 873. The van der Waals surface area contributed by atoms with Crippen molar-refractivity contribution in [3.8, 4) is 6.07 Å². The van der Waals surface area contributed by atoms with E-state index in [9.17, 15) is 13.6 Å². The van der Waals surface area contributed by atoms with E-state index in [0.29, 0.717) is 5.92 Å². The summed E-state index contributed by atoms with van der Waals surface area (Å²) in [5.41, 5.74) is 1.05. The first kappa shape index (κ1) is 22.2. The van der Waals surface area contributed by atoms with Crippen LogP contribution in [-0.2, 0) is 5.92 Å². The minimum Gasteiger partial charge on any atom is -0.287 e. The molecule has 0 aliphatic heterocycles. The van der Waals surface area contributed by atoms with Gasteiger partial charge in [0.05, 0.1) is 11.6 Å². The van der Waals surface area contributed by atoms with Crippen LogP contribution in [0, 0.1) is 17.2 Å². The maximum Gasteiger partial charge on any atom is 0.334 e. The molecule has 0 heterocycles. The zero-order valence-electron chi connectivity index (χ0n) is 17.5. The van der Waals surface area contributed by atoms with Crippen molar-refractivity contribution in [3.05, 3.63) is 70.8 Å². The molecule has 1 saturated carbocycles. The molecule has 0 atom stereocenters. The number of unbranched alkanes of at least 4 members (excludes halogenated alkanes) is 2. The number of alkyl halides is 2. The smallest absolute Gasteiger partial charge is 0.287 e. The first-order chi connectivity index (χ1) is 14.5. The fraction of sp³-hybridized carbons (Fsp3) is 0.462. The second-order valence-electron chi connectivity index (χ2n) is 8.43. The summed E-state index contributed by atoms with van der Waals surface area (Å²) in [6.07, 6.45) is 9.91. The maximum absolute atomic E-state index is 14.7. The van der Waals surface area contributed by atoms with Crippen molar-refractivity contribution in [1.82, 2.24) is 0 Å². The van der Waals surface area contributed by atoms with Crippen LogP contribution in [0.4, 0.5) is 8.78 Å². The molecule has 3 rings (SSSR count). The third-order valence-corrected chi connectivity index (χ3v) is 6.37. The summed E-state index contributed by atoms with van der Waals surface area (Å²) in [7, 11) is 0. The van der Waals surface area contributed by atoms with E-state index in [4.69, 9.17) is 5.26 Å². The normalized spacial score (nSPS) is 19.3. The van der Waals surface area contributed by atoms with E-state index in [1.54, 1.807) is 0 Å². The largest absolute Gasteiger partial charge is 0.334 e. The van der Waals surface area contributed by atoms with E-state index in [1.165, 1.54) is 62.8 Å². The SMILES string of the molecule is CCCCCC1CCC(c2ccc(C(=O)C(F)(F)c3ccc(C#N)cc3)cc2)CC1. The highest BCUT2D eigenvalue weighted by Crippen LogP contribution is 2.38. The summed E-state index contributed by atoms with van der Waals surface area (Å²) in [6.45, 7) is 2.23. The lowest BCUT2D eigenvalue weighted by Crippen LogP contribution is -2.26. The highest BCUT2D eigenvalue weighted by atomic mass is 19.3. The second kappa shape index (κ2) is 9.98. The molecule has 158 valence electrons. The highest BCUT2D eigenvalue weighted by molar-refractivity contribution is 6.01. The first-order valence-corrected chi connectivity index (χ1v) is 11.0. The summed E-state index contributed by atoms with van der Waals surface area (Å²) >= 11 is 0. The predicted octanol–water partition coefficient (Wildman–Crippen LogP) is 7.39. The van der Waals surface area contributed by atoms with Crippen LogP contribution in [0.2, 0.25) is 0 Å². The molecular formula is C26H29F2NO. The highest BCUT2D eigenvalue weighted by Gasteiger charge is 2.41. The van der Waals surface area contributed by atoms with Gasteiger partial charge in [-0.1, -0.05) is 69.0 Å². The van der Waals surface area contributed by atoms with Crippen LogP contribution in [-0.4, -0.2) is 5.78 Å². The fourth-order valence-corrected chi connectivity index (χ4v) is 4.44. The Balaban J connectivity index is 1.62. The lowest BCUT2D eigenvalue weighted by Gasteiger charge is -2.29. The zero-order valence-corrected chi connectivity index (χ0v) is 17.5. The predicted molar refractivity (Wildman–Crippen MR) is 115 cm³/mol. The van der Waals surface area contributed by atoms with Crippen molar-refractivity contribution in [1.29, 1.82) is 5.26 Å². The number of ketones is 1. The van der Waals surface area contributed by atoms with Gasteiger partial charge in [0.2, 0.25) is 5.78 Å². The van der Waals surface area contributed by atoms with Gasteiger partial charge in [-0.25, -0.2) is 0 Å². The van der Waals surface area contributed by atoms with Crippen LogP contribution in [0.15, 0.2) is 48.5 Å². The Labute approximate surface area is 177 Å². The summed E-state index contributed by atoms with van der Waals surface area (Å²) < 4.78 is 29.3. The molecule has 0 N–H and O–H groups in total. The summed E-state index contributed by atoms with van der Waals surface area (Å²) in [6, 6.07) is 13.5. The lowest BCUT2D eigenvalue weighted by molar-refractivity contribution is 0.00742. The molecular weight excluding hydrogens is 380 g/mol. The van der Waals surface area contributed by atoms with Crippen molar-refractivity contribution in [2.75, 3.05) is 0 Å². The van der Waals surface area contributed by atoms with E-state index in [-0.39, 0.29) is 11.1 Å². The molecule has 0 bridgehead atoms. The molecule has 2 aromatic carbocycles. The Morgan fingerprint density at radius 2 is 1.63 bits per heavy atom. The number of nitrogens with zero attached hydrogens (tertiary/aromatic N) is 1. The Morgan fingerprint density at radius 1 is 1.00 bits per heavy atom. The average Bonchev–Trinajstić information content (AvgIpc) is 2.79. The van der Waals surface area contributed by atoms with Gasteiger partial charge in [-0.3, -0.25) is 4.79 Å². The number of hydrogen-bond acceptors (Lipinski definition) is 2. The quantitative estimate of drug-likeness (QED) is 0.337. The summed E-state index contributed by atoms with van der Waals surface area (Å²) in [4.78, 5) is 12.5. The molecule has 0 amide bonds. The standard InChI is InChI=1S/C26H29F2NO/c1-2-3-4-5-19-6-10-21(11-7-19)22-12-14-23(15-13-22)25(30)26(27,28)24-16-8-20(18-29)9-17-24/h8-9,12-17,19,21H,2-7,10-11H2,1H3. The molecule has 30 heavy (non-hydrogen) atoms. The monoisotopic (exact) mass is 409 g/mol. The minimum atomic E-state index is -3.62. The van der Waals surface area contributed by atoms with Crippen LogP contribution < -0.4 is 0 Å². The molecule has 1 fully saturated rings. The number of carbonyl (C=O) groups excluding carboxylic acids is 1. The third kappa shape index (κ3) is 5.14. The van der Waals surface area contributed by atoms with Crippen molar-refractivity contribution < 1.29 is 13.6 Å². The van der Waals surface area contributed by atoms with Crippen molar-refractivity contribution in [3.63, 3.8) is 0 Å². The summed E-state index contributed by atoms with van der Waals surface area (Å²) in [5, 5.41) is 8.81. The molecule has 1 aliphatic rings. The topological polar surface area (TPSA) is 40.9 Å². The van der Waals surface area contributed by atoms with Gasteiger partial charge in [-0.15, -0.1) is 0 Å². The third-order valence-electron chi connectivity index (χ3n) is 6.37. The number of carbonyl (C=O) groups is 1. The number of Topliss-reactive ketones (excluding diaryl/α,β-unsaturated/α-hetero) is 1. The van der Waals surface area contributed by atoms with E-state index in [1.807, 2.05) is 18.2 Å². The van der Waals surface area contributed by atoms with Crippen LogP contribution in [0.3, 0.4) is 0 Å². The first-order valence-electron chi connectivity index (χ1n) is 11.0. The maximum atomic E-state index is 14.7. The van der Waals surface area contributed by atoms with E-state index < -0.39 is 17.3 Å². The molecule has 0 unspecified atom stereocenters. The molecule has 0 saturated heterocycles. The molecule has 2 nitrogen and oxygen atoms in total. The van der Waals surface area contributed by atoms with Gasteiger partial charge in [-0.05, 0) is 55.2 Å². The minimum absolute atomic E-state index is 0.0151. The van der Waals surface area contributed by atoms with Gasteiger partial charge in [0.25, 0.3) is 0 Å². The van der Waals surface area contributed by atoms with Crippen molar-refractivity contribution in [2.24, 2.45) is 5.92 Å². The van der Waals surface area contributed by atoms with Gasteiger partial charge < -0.3 is 0 Å². The second-order valence-corrected chi connectivity index (χ2v) is 8.43. The molecule has 0 spiro atoms. The number of benzene rings is 2. The molecule has 2 aromatic rings. The number of rotatable bonds is 8. The van der Waals surface area contributed by atoms with Crippen molar-refractivity contribution >= 4 is 5.78 Å². The Kier molecular flexibility index (Phi) is 7.37. The van der Waals surface area contributed by atoms with Gasteiger partial charge in [0.1, 0.15) is 0 Å². The zero-order chi connectivity index (χ0) is 21.6. The number of halogens is 2. The van der Waals surface area contributed by atoms with Gasteiger partial charge in [0, 0.05) is 11.1 Å². The van der Waals surface area contributed by atoms with Gasteiger partial charge >= 0.3 is 5.92 Å². The van der Waals surface area contributed by atoms with E-state index in [2.05, 4.69) is 6.92 Å². The molecule has 1 aliphatic carbocycles. The number of hydrogen-bond donors (Lipinski definition) is 0. The van der Waals surface area contributed by atoms with Crippen molar-refractivity contribution in [2.45, 2.75) is 70.1 Å².